The van der Waals surface area contributed by atoms with Crippen LogP contribution in [0.5, 0.6) is 5.75 Å². The van der Waals surface area contributed by atoms with Crippen LogP contribution in [0.15, 0.2) is 45.6 Å². The molecular formula is C18H16N4O4S. The van der Waals surface area contributed by atoms with Gasteiger partial charge in [-0.3, -0.25) is 14.5 Å². The van der Waals surface area contributed by atoms with Gasteiger partial charge in [0.15, 0.2) is 11.9 Å². The number of benzene rings is 1. The molecule has 0 fully saturated rings. The molecule has 1 aliphatic heterocycles. The van der Waals surface area contributed by atoms with E-state index in [0.29, 0.717) is 23.2 Å². The van der Waals surface area contributed by atoms with Crippen molar-refractivity contribution in [2.24, 2.45) is 0 Å². The highest BCUT2D eigenvalue weighted by Gasteiger charge is 2.32. The number of hydrogen-bond acceptors (Lipinski definition) is 7. The molecule has 3 aromatic rings. The average molecular weight is 384 g/mol. The number of rotatable bonds is 5. The zero-order valence-corrected chi connectivity index (χ0v) is 15.2. The first-order valence-electron chi connectivity index (χ1n) is 8.31. The number of fused-ring (bicyclic) bond motifs is 1. The van der Waals surface area contributed by atoms with Crippen LogP contribution in [0.3, 0.4) is 0 Å². The van der Waals surface area contributed by atoms with E-state index in [1.807, 2.05) is 22.9 Å². The second-order valence-electron chi connectivity index (χ2n) is 5.96. The van der Waals surface area contributed by atoms with Crippen molar-refractivity contribution in [3.8, 4) is 17.2 Å². The summed E-state index contributed by atoms with van der Waals surface area (Å²) in [4.78, 5) is 30.4. The molecular weight excluding hydrogens is 368 g/mol. The van der Waals surface area contributed by atoms with E-state index in [9.17, 15) is 9.59 Å². The van der Waals surface area contributed by atoms with Crippen molar-refractivity contribution in [1.29, 1.82) is 0 Å². The smallest absolute Gasteiger partial charge is 0.268 e. The molecule has 1 aromatic carbocycles. The Labute approximate surface area is 158 Å². The minimum atomic E-state index is -0.641. The molecule has 8 nitrogen and oxygen atoms in total. The molecule has 0 radical (unpaired) electrons. The fourth-order valence-corrected chi connectivity index (χ4v) is 3.36. The summed E-state index contributed by atoms with van der Waals surface area (Å²) in [5, 5.41) is 10.4. The van der Waals surface area contributed by atoms with Crippen LogP contribution < -0.4 is 15.0 Å². The van der Waals surface area contributed by atoms with Gasteiger partial charge in [-0.05, 0) is 30.5 Å². The monoisotopic (exact) mass is 384 g/mol. The first-order chi connectivity index (χ1) is 13.1. The topological polar surface area (TPSA) is 97.6 Å². The second-order valence-corrected chi connectivity index (χ2v) is 6.74. The summed E-state index contributed by atoms with van der Waals surface area (Å²) in [5.41, 5.74) is 1.42. The van der Waals surface area contributed by atoms with Gasteiger partial charge in [0.05, 0.1) is 17.8 Å². The van der Waals surface area contributed by atoms with Crippen LogP contribution in [0.2, 0.25) is 0 Å². The van der Waals surface area contributed by atoms with Crippen molar-refractivity contribution in [2.45, 2.75) is 19.6 Å². The SMILES string of the molecule is C[C@H]1Oc2ccccc2N(CC(=O)NCc2noc(-c3ccsc3)n2)C1=O. The summed E-state index contributed by atoms with van der Waals surface area (Å²) in [6.45, 7) is 1.66. The summed E-state index contributed by atoms with van der Waals surface area (Å²) in [5.74, 6) is 0.770. The zero-order chi connectivity index (χ0) is 18.8. The predicted molar refractivity (Wildman–Crippen MR) is 98.3 cm³/mol. The van der Waals surface area contributed by atoms with Gasteiger partial charge < -0.3 is 14.6 Å². The van der Waals surface area contributed by atoms with Gasteiger partial charge in [0, 0.05) is 5.38 Å². The maximum atomic E-state index is 12.4. The summed E-state index contributed by atoms with van der Waals surface area (Å²) in [6, 6.07) is 9.01. The molecule has 138 valence electrons. The Hall–Kier alpha value is -3.20. The Balaban J connectivity index is 1.40. The van der Waals surface area contributed by atoms with Gasteiger partial charge in [0.2, 0.25) is 5.91 Å². The number of ether oxygens (including phenoxy) is 1. The van der Waals surface area contributed by atoms with E-state index in [2.05, 4.69) is 15.5 Å². The van der Waals surface area contributed by atoms with Crippen molar-refractivity contribution in [3.63, 3.8) is 0 Å². The fraction of sp³-hybridized carbons (Fsp3) is 0.222. The number of aromatic nitrogens is 2. The molecule has 0 unspecified atom stereocenters. The molecule has 27 heavy (non-hydrogen) atoms. The van der Waals surface area contributed by atoms with Gasteiger partial charge in [-0.15, -0.1) is 0 Å². The number of anilines is 1. The minimum Gasteiger partial charge on any atom is -0.479 e. The summed E-state index contributed by atoms with van der Waals surface area (Å²) in [6.07, 6.45) is -0.641. The standard InChI is InChI=1S/C18H16N4O4S/c1-11-18(24)22(13-4-2-3-5-14(13)25-11)9-16(23)19-8-15-20-17(26-21-15)12-6-7-27-10-12/h2-7,10-11H,8-9H2,1H3,(H,19,23)/t11-/m1/s1. The van der Waals surface area contributed by atoms with Crippen molar-refractivity contribution in [3.05, 3.63) is 46.9 Å². The largest absolute Gasteiger partial charge is 0.479 e. The van der Waals surface area contributed by atoms with Gasteiger partial charge >= 0.3 is 0 Å². The molecule has 0 bridgehead atoms. The minimum absolute atomic E-state index is 0.112. The lowest BCUT2D eigenvalue weighted by Gasteiger charge is -2.32. The molecule has 4 rings (SSSR count). The molecule has 9 heteroatoms. The summed E-state index contributed by atoms with van der Waals surface area (Å²) in [7, 11) is 0. The van der Waals surface area contributed by atoms with E-state index in [0.717, 1.165) is 5.56 Å². The molecule has 0 saturated heterocycles. The Morgan fingerprint density at radius 3 is 3.00 bits per heavy atom. The van der Waals surface area contributed by atoms with Crippen molar-refractivity contribution in [1.82, 2.24) is 15.5 Å². The van der Waals surface area contributed by atoms with E-state index < -0.39 is 6.10 Å². The van der Waals surface area contributed by atoms with Crippen LogP contribution in [-0.4, -0.2) is 34.6 Å². The first kappa shape index (κ1) is 17.2. The molecule has 2 amide bonds. The molecule has 3 heterocycles. The lowest BCUT2D eigenvalue weighted by Crippen LogP contribution is -2.48. The molecule has 0 saturated carbocycles. The highest BCUT2D eigenvalue weighted by atomic mass is 32.1. The number of amides is 2. The van der Waals surface area contributed by atoms with E-state index in [-0.39, 0.29) is 24.9 Å². The Bertz CT molecular complexity index is 969. The quantitative estimate of drug-likeness (QED) is 0.724. The fourth-order valence-electron chi connectivity index (χ4n) is 2.73. The van der Waals surface area contributed by atoms with Crippen molar-refractivity contribution >= 4 is 28.8 Å². The molecule has 2 aromatic heterocycles. The van der Waals surface area contributed by atoms with Crippen LogP contribution in [0, 0.1) is 0 Å². The Morgan fingerprint density at radius 2 is 2.19 bits per heavy atom. The summed E-state index contributed by atoms with van der Waals surface area (Å²) >= 11 is 1.53. The van der Waals surface area contributed by atoms with E-state index >= 15 is 0 Å². The lowest BCUT2D eigenvalue weighted by molar-refractivity contribution is -0.128. The van der Waals surface area contributed by atoms with Crippen molar-refractivity contribution < 1.29 is 18.8 Å². The normalized spacial score (nSPS) is 16.0. The maximum Gasteiger partial charge on any atom is 0.268 e. The number of nitrogens with zero attached hydrogens (tertiary/aromatic N) is 3. The number of para-hydroxylation sites is 2. The highest BCUT2D eigenvalue weighted by Crippen LogP contribution is 2.33. The van der Waals surface area contributed by atoms with Gasteiger partial charge in [0.1, 0.15) is 12.3 Å². The number of thiophene rings is 1. The highest BCUT2D eigenvalue weighted by molar-refractivity contribution is 7.08. The van der Waals surface area contributed by atoms with Crippen LogP contribution in [0.25, 0.3) is 11.5 Å². The number of carbonyl (C=O) groups excluding carboxylic acids is 2. The third-order valence-electron chi connectivity index (χ3n) is 4.06. The van der Waals surface area contributed by atoms with Crippen LogP contribution in [-0.2, 0) is 16.1 Å². The number of carbonyl (C=O) groups is 2. The molecule has 1 aliphatic rings. The molecule has 0 spiro atoms. The van der Waals surface area contributed by atoms with E-state index in [1.54, 1.807) is 25.1 Å². The van der Waals surface area contributed by atoms with Gasteiger partial charge in [0.25, 0.3) is 11.8 Å². The van der Waals surface area contributed by atoms with E-state index in [4.69, 9.17) is 9.26 Å². The number of hydrogen-bond donors (Lipinski definition) is 1. The lowest BCUT2D eigenvalue weighted by atomic mass is 10.2. The number of nitrogens with one attached hydrogen (secondary N) is 1. The van der Waals surface area contributed by atoms with Gasteiger partial charge in [-0.1, -0.05) is 17.3 Å². The van der Waals surface area contributed by atoms with Crippen LogP contribution in [0.4, 0.5) is 5.69 Å². The molecule has 1 N–H and O–H groups in total. The van der Waals surface area contributed by atoms with Crippen molar-refractivity contribution in [2.75, 3.05) is 11.4 Å². The van der Waals surface area contributed by atoms with Crippen LogP contribution in [0.1, 0.15) is 12.7 Å². The zero-order valence-electron chi connectivity index (χ0n) is 14.4. The third kappa shape index (κ3) is 3.54. The Morgan fingerprint density at radius 1 is 1.33 bits per heavy atom. The third-order valence-corrected chi connectivity index (χ3v) is 4.74. The first-order valence-corrected chi connectivity index (χ1v) is 9.25. The molecule has 0 aliphatic carbocycles. The van der Waals surface area contributed by atoms with E-state index in [1.165, 1.54) is 16.2 Å². The Kier molecular flexibility index (Phi) is 4.59. The summed E-state index contributed by atoms with van der Waals surface area (Å²) < 4.78 is 10.8. The second kappa shape index (κ2) is 7.20. The van der Waals surface area contributed by atoms with Gasteiger partial charge in [-0.2, -0.15) is 16.3 Å². The molecule has 1 atom stereocenters. The predicted octanol–water partition coefficient (Wildman–Crippen LogP) is 2.23. The van der Waals surface area contributed by atoms with Gasteiger partial charge in [-0.25, -0.2) is 0 Å². The average Bonchev–Trinajstić information content (AvgIpc) is 3.35. The maximum absolute atomic E-state index is 12.4. The van der Waals surface area contributed by atoms with Crippen LogP contribution >= 0.6 is 11.3 Å².